The van der Waals surface area contributed by atoms with Gasteiger partial charge in [-0.1, -0.05) is 12.1 Å². The van der Waals surface area contributed by atoms with Crippen molar-refractivity contribution < 1.29 is 4.79 Å². The molecule has 0 saturated carbocycles. The Hall–Kier alpha value is -2.79. The van der Waals surface area contributed by atoms with Crippen molar-refractivity contribution in [3.8, 4) is 0 Å². The van der Waals surface area contributed by atoms with Gasteiger partial charge in [-0.2, -0.15) is 0 Å². The van der Waals surface area contributed by atoms with Crippen molar-refractivity contribution in [3.63, 3.8) is 0 Å². The minimum Gasteiger partial charge on any atom is -0.326 e. The predicted molar refractivity (Wildman–Crippen MR) is 100 cm³/mol. The first kappa shape index (κ1) is 17.0. The van der Waals surface area contributed by atoms with Gasteiger partial charge in [0, 0.05) is 36.8 Å². The summed E-state index contributed by atoms with van der Waals surface area (Å²) in [7, 11) is 2.07. The average molecular weight is 334 g/mol. The molecule has 0 radical (unpaired) electrons. The van der Waals surface area contributed by atoms with Gasteiger partial charge in [-0.25, -0.2) is 0 Å². The van der Waals surface area contributed by atoms with E-state index in [2.05, 4.69) is 29.2 Å². The van der Waals surface area contributed by atoms with Crippen LogP contribution in [0.25, 0.3) is 10.9 Å². The second-order valence-electron chi connectivity index (χ2n) is 6.24. The molecule has 0 saturated heterocycles. The summed E-state index contributed by atoms with van der Waals surface area (Å²) in [5.74, 6) is -0.0749. The molecule has 0 aliphatic rings. The van der Waals surface area contributed by atoms with Crippen molar-refractivity contribution in [1.29, 1.82) is 0 Å². The number of fused-ring (bicyclic) bond motifs is 1. The Morgan fingerprint density at radius 1 is 1.20 bits per heavy atom. The van der Waals surface area contributed by atoms with Crippen molar-refractivity contribution in [2.45, 2.75) is 26.4 Å². The molecule has 5 nitrogen and oxygen atoms in total. The third-order valence-electron chi connectivity index (χ3n) is 4.26. The standard InChI is InChI=1S/C20H22N4O/c1-14(19-6-4-5-11-21-19)24(3)13-18-8-7-16-12-17(22-15(2)25)9-10-20(16)23-18/h4-12,14H,13H2,1-3H3,(H,22,25). The SMILES string of the molecule is CC(=O)Nc1ccc2nc(CN(C)C(C)c3ccccn3)ccc2c1. The van der Waals surface area contributed by atoms with Crippen LogP contribution in [0.3, 0.4) is 0 Å². The topological polar surface area (TPSA) is 58.1 Å². The number of benzene rings is 1. The molecule has 0 bridgehead atoms. The van der Waals surface area contributed by atoms with Gasteiger partial charge in [0.05, 0.1) is 16.9 Å². The summed E-state index contributed by atoms with van der Waals surface area (Å²) >= 11 is 0. The van der Waals surface area contributed by atoms with Crippen LogP contribution >= 0.6 is 0 Å². The van der Waals surface area contributed by atoms with Gasteiger partial charge in [-0.3, -0.25) is 19.7 Å². The Morgan fingerprint density at radius 2 is 2.04 bits per heavy atom. The maximum Gasteiger partial charge on any atom is 0.221 e. The monoisotopic (exact) mass is 334 g/mol. The Labute approximate surface area is 147 Å². The fraction of sp³-hybridized carbons (Fsp3) is 0.250. The van der Waals surface area contributed by atoms with Gasteiger partial charge in [0.1, 0.15) is 0 Å². The molecule has 1 N–H and O–H groups in total. The highest BCUT2D eigenvalue weighted by Crippen LogP contribution is 2.21. The fourth-order valence-electron chi connectivity index (χ4n) is 2.78. The van der Waals surface area contributed by atoms with Gasteiger partial charge in [0.2, 0.25) is 5.91 Å². The molecule has 2 heterocycles. The zero-order chi connectivity index (χ0) is 17.8. The number of nitrogens with zero attached hydrogens (tertiary/aromatic N) is 3. The molecule has 0 fully saturated rings. The second kappa shape index (κ2) is 7.40. The lowest BCUT2D eigenvalue weighted by Crippen LogP contribution is -2.23. The molecule has 0 spiro atoms. The summed E-state index contributed by atoms with van der Waals surface area (Å²) in [4.78, 5) is 22.6. The summed E-state index contributed by atoms with van der Waals surface area (Å²) < 4.78 is 0. The van der Waals surface area contributed by atoms with E-state index in [0.29, 0.717) is 0 Å². The van der Waals surface area contributed by atoms with E-state index in [4.69, 9.17) is 4.98 Å². The van der Waals surface area contributed by atoms with E-state index in [1.807, 2.05) is 54.7 Å². The molecule has 0 aliphatic heterocycles. The van der Waals surface area contributed by atoms with E-state index < -0.39 is 0 Å². The highest BCUT2D eigenvalue weighted by molar-refractivity contribution is 5.92. The van der Waals surface area contributed by atoms with E-state index >= 15 is 0 Å². The largest absolute Gasteiger partial charge is 0.326 e. The number of amides is 1. The summed E-state index contributed by atoms with van der Waals surface area (Å²) in [6, 6.07) is 16.0. The quantitative estimate of drug-likeness (QED) is 0.771. The molecular weight excluding hydrogens is 312 g/mol. The van der Waals surface area contributed by atoms with Gasteiger partial charge in [0.25, 0.3) is 0 Å². The summed E-state index contributed by atoms with van der Waals surface area (Å²) in [6.07, 6.45) is 1.82. The van der Waals surface area contributed by atoms with Crippen molar-refractivity contribution >= 4 is 22.5 Å². The van der Waals surface area contributed by atoms with Crippen LogP contribution in [0.2, 0.25) is 0 Å². The van der Waals surface area contributed by atoms with E-state index in [1.54, 1.807) is 0 Å². The minimum atomic E-state index is -0.0749. The van der Waals surface area contributed by atoms with E-state index in [1.165, 1.54) is 6.92 Å². The van der Waals surface area contributed by atoms with Crippen LogP contribution < -0.4 is 5.32 Å². The predicted octanol–water partition coefficient (Wildman–Crippen LogP) is 3.78. The third-order valence-corrected chi connectivity index (χ3v) is 4.26. The first-order valence-electron chi connectivity index (χ1n) is 8.31. The number of carbonyl (C=O) groups is 1. The Balaban J connectivity index is 1.76. The molecule has 128 valence electrons. The summed E-state index contributed by atoms with van der Waals surface area (Å²) in [5, 5.41) is 3.80. The van der Waals surface area contributed by atoms with Crippen LogP contribution in [-0.4, -0.2) is 27.8 Å². The molecule has 2 aromatic heterocycles. The number of pyridine rings is 2. The highest BCUT2D eigenvalue weighted by atomic mass is 16.1. The van der Waals surface area contributed by atoms with Crippen LogP contribution in [0.5, 0.6) is 0 Å². The number of hydrogen-bond donors (Lipinski definition) is 1. The lowest BCUT2D eigenvalue weighted by Gasteiger charge is -2.24. The molecule has 3 aromatic rings. The summed E-state index contributed by atoms with van der Waals surface area (Å²) in [5.41, 5.74) is 3.76. The van der Waals surface area contributed by atoms with Crippen molar-refractivity contribution in [1.82, 2.24) is 14.9 Å². The molecule has 0 aliphatic carbocycles. The molecule has 1 unspecified atom stereocenters. The lowest BCUT2D eigenvalue weighted by molar-refractivity contribution is -0.114. The number of hydrogen-bond acceptors (Lipinski definition) is 4. The first-order valence-corrected chi connectivity index (χ1v) is 8.31. The average Bonchev–Trinajstić information content (AvgIpc) is 2.61. The molecule has 1 amide bonds. The Kier molecular flexibility index (Phi) is 5.05. The fourth-order valence-corrected chi connectivity index (χ4v) is 2.78. The van der Waals surface area contributed by atoms with Gasteiger partial charge in [-0.15, -0.1) is 0 Å². The second-order valence-corrected chi connectivity index (χ2v) is 6.24. The van der Waals surface area contributed by atoms with Crippen LogP contribution in [0.15, 0.2) is 54.7 Å². The first-order chi connectivity index (χ1) is 12.0. The van der Waals surface area contributed by atoms with Crippen LogP contribution in [-0.2, 0) is 11.3 Å². The van der Waals surface area contributed by atoms with Gasteiger partial charge in [0.15, 0.2) is 0 Å². The van der Waals surface area contributed by atoms with E-state index in [9.17, 15) is 4.79 Å². The van der Waals surface area contributed by atoms with Gasteiger partial charge >= 0.3 is 0 Å². The number of anilines is 1. The zero-order valence-corrected chi connectivity index (χ0v) is 14.7. The summed E-state index contributed by atoms with van der Waals surface area (Å²) in [6.45, 7) is 4.38. The van der Waals surface area contributed by atoms with Gasteiger partial charge < -0.3 is 5.32 Å². The third kappa shape index (κ3) is 4.19. The smallest absolute Gasteiger partial charge is 0.221 e. The van der Waals surface area contributed by atoms with Crippen molar-refractivity contribution in [2.24, 2.45) is 0 Å². The molecule has 5 heteroatoms. The van der Waals surface area contributed by atoms with E-state index in [0.717, 1.165) is 34.5 Å². The van der Waals surface area contributed by atoms with E-state index in [-0.39, 0.29) is 11.9 Å². The van der Waals surface area contributed by atoms with Crippen LogP contribution in [0, 0.1) is 0 Å². The number of rotatable bonds is 5. The lowest BCUT2D eigenvalue weighted by atomic mass is 10.1. The molecular formula is C20H22N4O. The molecule has 1 atom stereocenters. The Bertz CT molecular complexity index is 879. The molecule has 3 rings (SSSR count). The Morgan fingerprint density at radius 3 is 2.76 bits per heavy atom. The zero-order valence-electron chi connectivity index (χ0n) is 14.7. The van der Waals surface area contributed by atoms with Crippen molar-refractivity contribution in [2.75, 3.05) is 12.4 Å². The number of aromatic nitrogens is 2. The number of nitrogens with one attached hydrogen (secondary N) is 1. The van der Waals surface area contributed by atoms with Crippen molar-refractivity contribution in [3.05, 3.63) is 66.1 Å². The maximum atomic E-state index is 11.2. The van der Waals surface area contributed by atoms with Gasteiger partial charge in [-0.05, 0) is 50.4 Å². The highest BCUT2D eigenvalue weighted by Gasteiger charge is 2.13. The van der Waals surface area contributed by atoms with Crippen LogP contribution in [0.4, 0.5) is 5.69 Å². The minimum absolute atomic E-state index is 0.0749. The normalized spacial score (nSPS) is 12.3. The molecule has 1 aromatic carbocycles. The number of carbonyl (C=O) groups excluding carboxylic acids is 1. The molecule has 25 heavy (non-hydrogen) atoms. The van der Waals surface area contributed by atoms with Crippen LogP contribution in [0.1, 0.15) is 31.3 Å². The maximum absolute atomic E-state index is 11.2.